The molecule has 0 saturated carbocycles. The fraction of sp³-hybridized carbons (Fsp3) is 0.429. The molecule has 0 amide bonds. The molecule has 3 nitrogen and oxygen atoms in total. The van der Waals surface area contributed by atoms with Crippen molar-refractivity contribution in [3.63, 3.8) is 0 Å². The first-order valence-electron chi connectivity index (χ1n) is 7.20. The fourth-order valence-electron chi connectivity index (χ4n) is 1.85. The molecule has 0 spiro atoms. The van der Waals surface area contributed by atoms with Gasteiger partial charge in [0.2, 0.25) is 0 Å². The zero-order valence-corrected chi connectivity index (χ0v) is 10.5. The first kappa shape index (κ1) is 8.59. The van der Waals surface area contributed by atoms with Crippen LogP contribution in [-0.2, 0) is 6.54 Å². The number of nitrogens with zero attached hydrogens (tertiary/aromatic N) is 2. The molecule has 1 atom stereocenters. The highest BCUT2D eigenvalue weighted by Gasteiger charge is 2.08. The second-order valence-corrected chi connectivity index (χ2v) is 4.60. The van der Waals surface area contributed by atoms with Gasteiger partial charge in [-0.15, -0.1) is 0 Å². The van der Waals surface area contributed by atoms with Gasteiger partial charge in [0.25, 0.3) is 0 Å². The fourth-order valence-corrected chi connectivity index (χ4v) is 1.85. The maximum atomic E-state index is 7.12. The van der Waals surface area contributed by atoms with Crippen molar-refractivity contribution in [3.8, 4) is 5.75 Å². The summed E-state index contributed by atoms with van der Waals surface area (Å²) in [5.41, 5.74) is 1.08. The van der Waals surface area contributed by atoms with Gasteiger partial charge in [0.1, 0.15) is 5.75 Å². The van der Waals surface area contributed by atoms with Crippen LogP contribution in [0, 0.1) is 0 Å². The average molecular weight is 235 g/mol. The molecular formula is C14H20N2O. The Morgan fingerprint density at radius 2 is 2.24 bits per heavy atom. The minimum Gasteiger partial charge on any atom is -0.497 e. The number of hydrogen-bond acceptors (Lipinski definition) is 2. The second-order valence-electron chi connectivity index (χ2n) is 4.60. The van der Waals surface area contributed by atoms with Crippen LogP contribution in [0.1, 0.15) is 11.0 Å². The smallest absolute Gasteiger partial charge is 0.119 e. The predicted molar refractivity (Wildman–Crippen MR) is 71.6 cm³/mol. The third kappa shape index (κ3) is 2.44. The summed E-state index contributed by atoms with van der Waals surface area (Å²) in [6, 6.07) is 7.76. The van der Waals surface area contributed by atoms with Gasteiger partial charge in [-0.1, -0.05) is 0 Å². The maximum absolute atomic E-state index is 7.12. The zero-order chi connectivity index (χ0) is 14.9. The first-order valence-corrected chi connectivity index (χ1v) is 5.70. The summed E-state index contributed by atoms with van der Waals surface area (Å²) in [5.74, 6) is 0.371. The van der Waals surface area contributed by atoms with E-state index in [2.05, 4.69) is 30.5 Å². The minimum atomic E-state index is -2.41. The average Bonchev–Trinajstić information content (AvgIpc) is 2.69. The quantitative estimate of drug-likeness (QED) is 0.810. The monoisotopic (exact) mass is 235 g/mol. The lowest BCUT2D eigenvalue weighted by Gasteiger charge is -2.20. The Labute approximate surface area is 107 Å². The molecule has 2 rings (SSSR count). The standard InChI is InChI=1S/C14H20N2O/c1-11(15(2)3)10-16-8-7-12-9-13(17-4)5-6-14(12)16/h5-9,11H,10H2,1-4H3/i4D3. The molecule has 1 unspecified atom stereocenters. The summed E-state index contributed by atoms with van der Waals surface area (Å²) in [6.07, 6.45) is 2.02. The van der Waals surface area contributed by atoms with E-state index in [1.165, 1.54) is 0 Å². The Kier molecular flexibility index (Phi) is 2.42. The molecule has 0 aliphatic rings. The van der Waals surface area contributed by atoms with Crippen LogP contribution < -0.4 is 4.74 Å². The van der Waals surface area contributed by atoms with Gasteiger partial charge < -0.3 is 14.2 Å². The van der Waals surface area contributed by atoms with Crippen LogP contribution in [0.3, 0.4) is 0 Å². The van der Waals surface area contributed by atoms with Crippen LogP contribution in [0.5, 0.6) is 5.75 Å². The van der Waals surface area contributed by atoms with Crippen molar-refractivity contribution >= 4 is 10.9 Å². The zero-order valence-electron chi connectivity index (χ0n) is 13.5. The summed E-state index contributed by atoms with van der Waals surface area (Å²) in [7, 11) is 1.70. The van der Waals surface area contributed by atoms with Gasteiger partial charge in [0.05, 0.1) is 11.2 Å². The van der Waals surface area contributed by atoms with E-state index < -0.39 is 7.04 Å². The van der Waals surface area contributed by atoms with Crippen LogP contribution in [0.4, 0.5) is 0 Å². The van der Waals surface area contributed by atoms with Gasteiger partial charge in [0.15, 0.2) is 0 Å². The molecule has 3 heteroatoms. The Morgan fingerprint density at radius 3 is 2.94 bits per heavy atom. The van der Waals surface area contributed by atoms with Crippen molar-refractivity contribution in [3.05, 3.63) is 30.5 Å². The Balaban J connectivity index is 2.25. The Hall–Kier alpha value is -1.48. The number of fused-ring (bicyclic) bond motifs is 1. The molecule has 0 bridgehead atoms. The summed E-state index contributed by atoms with van der Waals surface area (Å²) in [5, 5.41) is 0.984. The van der Waals surface area contributed by atoms with Gasteiger partial charge in [-0.2, -0.15) is 0 Å². The van der Waals surface area contributed by atoms with E-state index in [-0.39, 0.29) is 0 Å². The van der Waals surface area contributed by atoms with E-state index >= 15 is 0 Å². The number of methoxy groups -OCH3 is 1. The molecule has 0 aliphatic carbocycles. The topological polar surface area (TPSA) is 17.4 Å². The molecule has 0 saturated heterocycles. The lowest BCUT2D eigenvalue weighted by Crippen LogP contribution is -2.28. The van der Waals surface area contributed by atoms with Crippen LogP contribution in [0.2, 0.25) is 0 Å². The Bertz CT molecular complexity index is 590. The number of rotatable bonds is 4. The van der Waals surface area contributed by atoms with Crippen LogP contribution in [0.25, 0.3) is 10.9 Å². The van der Waals surface area contributed by atoms with E-state index in [9.17, 15) is 0 Å². The van der Waals surface area contributed by atoms with Crippen molar-refractivity contribution in [2.45, 2.75) is 19.5 Å². The molecule has 1 aromatic carbocycles. The summed E-state index contributed by atoms with van der Waals surface area (Å²) in [4.78, 5) is 2.16. The number of aromatic nitrogens is 1. The van der Waals surface area contributed by atoms with E-state index in [0.717, 1.165) is 17.4 Å². The molecule has 0 N–H and O–H groups in total. The lowest BCUT2D eigenvalue weighted by atomic mass is 10.2. The normalized spacial score (nSPS) is 16.6. The second kappa shape index (κ2) is 4.80. The van der Waals surface area contributed by atoms with Crippen molar-refractivity contribution in [2.75, 3.05) is 21.1 Å². The van der Waals surface area contributed by atoms with Crippen molar-refractivity contribution in [2.24, 2.45) is 0 Å². The molecule has 2 aromatic rings. The molecule has 92 valence electrons. The SMILES string of the molecule is [2H]C([2H])([2H])Oc1ccc2c(ccn2CC(C)N(C)C)c1. The van der Waals surface area contributed by atoms with Crippen molar-refractivity contribution in [1.29, 1.82) is 0 Å². The van der Waals surface area contributed by atoms with Gasteiger partial charge in [0, 0.05) is 29.7 Å². The largest absolute Gasteiger partial charge is 0.497 e. The van der Waals surface area contributed by atoms with E-state index in [4.69, 9.17) is 8.85 Å². The highest BCUT2D eigenvalue weighted by Crippen LogP contribution is 2.22. The van der Waals surface area contributed by atoms with Gasteiger partial charge in [-0.3, -0.25) is 0 Å². The molecule has 1 aromatic heterocycles. The number of ether oxygens (including phenoxy) is 1. The highest BCUT2D eigenvalue weighted by molar-refractivity contribution is 5.81. The summed E-state index contributed by atoms with van der Waals surface area (Å²) < 4.78 is 28.5. The summed E-state index contributed by atoms with van der Waals surface area (Å²) >= 11 is 0. The molecule has 1 heterocycles. The first-order chi connectivity index (χ1) is 9.26. The van der Waals surface area contributed by atoms with E-state index in [1.54, 1.807) is 12.1 Å². The highest BCUT2D eigenvalue weighted by atomic mass is 16.5. The van der Waals surface area contributed by atoms with Crippen LogP contribution >= 0.6 is 0 Å². The molecule has 0 fully saturated rings. The molecule has 0 aliphatic heterocycles. The molecule has 0 radical (unpaired) electrons. The van der Waals surface area contributed by atoms with Gasteiger partial charge in [-0.25, -0.2) is 0 Å². The Morgan fingerprint density at radius 1 is 1.41 bits per heavy atom. The molecule has 17 heavy (non-hydrogen) atoms. The van der Waals surface area contributed by atoms with E-state index in [0.29, 0.717) is 11.8 Å². The third-order valence-corrected chi connectivity index (χ3v) is 3.20. The number of benzene rings is 1. The summed E-state index contributed by atoms with van der Waals surface area (Å²) in [6.45, 7) is 3.05. The number of hydrogen-bond donors (Lipinski definition) is 0. The predicted octanol–water partition coefficient (Wildman–Crippen LogP) is 2.60. The third-order valence-electron chi connectivity index (χ3n) is 3.20. The maximum Gasteiger partial charge on any atom is 0.119 e. The van der Waals surface area contributed by atoms with Crippen molar-refractivity contribution in [1.82, 2.24) is 9.47 Å². The van der Waals surface area contributed by atoms with Crippen LogP contribution in [-0.4, -0.2) is 36.6 Å². The van der Waals surface area contributed by atoms with Crippen molar-refractivity contribution < 1.29 is 8.85 Å². The molecular weight excluding hydrogens is 212 g/mol. The van der Waals surface area contributed by atoms with Gasteiger partial charge in [-0.05, 0) is 45.3 Å². The number of likely N-dealkylation sites (N-methyl/N-ethyl adjacent to an activating group) is 1. The lowest BCUT2D eigenvalue weighted by molar-refractivity contribution is 0.286. The van der Waals surface area contributed by atoms with E-state index in [1.807, 2.05) is 18.3 Å². The van der Waals surface area contributed by atoms with Gasteiger partial charge >= 0.3 is 0 Å². The minimum absolute atomic E-state index is 0.371. The van der Waals surface area contributed by atoms with Crippen LogP contribution in [0.15, 0.2) is 30.5 Å².